The van der Waals surface area contributed by atoms with Crippen molar-refractivity contribution < 1.29 is 17.3 Å². The maximum atomic E-state index is 11.8. The summed E-state index contributed by atoms with van der Waals surface area (Å²) in [5.74, 6) is 1.29. The van der Waals surface area contributed by atoms with Gasteiger partial charge in [-0.05, 0) is 18.6 Å². The van der Waals surface area contributed by atoms with Gasteiger partial charge in [-0.1, -0.05) is 13.3 Å². The molecule has 1 heterocycles. The van der Waals surface area contributed by atoms with Gasteiger partial charge >= 0.3 is 10.1 Å². The molecule has 0 amide bonds. The van der Waals surface area contributed by atoms with Crippen molar-refractivity contribution in [3.05, 3.63) is 23.8 Å². The average Bonchev–Trinajstić information content (AvgIpc) is 2.98. The Labute approximate surface area is 124 Å². The minimum atomic E-state index is -3.57. The van der Waals surface area contributed by atoms with E-state index in [4.69, 9.17) is 8.92 Å². The van der Waals surface area contributed by atoms with Gasteiger partial charge in [-0.2, -0.15) is 8.42 Å². The van der Waals surface area contributed by atoms with Crippen LogP contribution in [0.15, 0.2) is 28.2 Å². The van der Waals surface area contributed by atoms with Crippen molar-refractivity contribution in [1.82, 2.24) is 0 Å². The van der Waals surface area contributed by atoms with E-state index in [1.165, 1.54) is 13.2 Å². The van der Waals surface area contributed by atoms with Crippen LogP contribution in [0.5, 0.6) is 11.5 Å². The normalized spacial score (nSPS) is 14.1. The molecular weight excluding hydrogens is 292 g/mol. The third kappa shape index (κ3) is 4.04. The molecule has 0 saturated carbocycles. The average molecular weight is 310 g/mol. The van der Waals surface area contributed by atoms with E-state index in [2.05, 4.69) is 9.98 Å². The Kier molecular flexibility index (Phi) is 4.95. The van der Waals surface area contributed by atoms with Gasteiger partial charge in [0.2, 0.25) is 0 Å². The topological polar surface area (TPSA) is 77.3 Å². The van der Waals surface area contributed by atoms with Crippen LogP contribution in [0.2, 0.25) is 0 Å². The summed E-state index contributed by atoms with van der Waals surface area (Å²) in [6.45, 7) is 2.47. The molecular formula is C14H18N2O4S. The zero-order valence-corrected chi connectivity index (χ0v) is 12.9. The summed E-state index contributed by atoms with van der Waals surface area (Å²) in [4.78, 5) is 8.36. The smallest absolute Gasteiger partial charge is 0.309 e. The van der Waals surface area contributed by atoms with E-state index in [9.17, 15) is 8.42 Å². The number of aliphatic imine (C=N–C) groups is 2. The standard InChI is InChI=1S/C14H18N2O4S/c1-3-4-9-21(17,18)20-11-5-6-12(13(10-11)19-2)14-15-7-8-16-14/h5-7,10H,3-4,8-9H2,1-2H3. The lowest BCUT2D eigenvalue weighted by Crippen LogP contribution is -2.13. The Morgan fingerprint density at radius 3 is 2.76 bits per heavy atom. The summed E-state index contributed by atoms with van der Waals surface area (Å²) < 4.78 is 33.9. The SMILES string of the molecule is CCCCS(=O)(=O)Oc1ccc(C2=NCC=N2)c(OC)c1. The van der Waals surface area contributed by atoms with Crippen molar-refractivity contribution in [2.75, 3.05) is 19.4 Å². The molecule has 0 bridgehead atoms. The molecule has 0 radical (unpaired) electrons. The fourth-order valence-electron chi connectivity index (χ4n) is 1.87. The number of hydrogen-bond acceptors (Lipinski definition) is 6. The second-order valence-corrected chi connectivity index (χ2v) is 6.23. The Bertz CT molecular complexity index is 666. The molecule has 0 saturated heterocycles. The molecule has 0 aromatic heterocycles. The van der Waals surface area contributed by atoms with Gasteiger partial charge < -0.3 is 8.92 Å². The molecule has 1 aliphatic rings. The van der Waals surface area contributed by atoms with Gasteiger partial charge in [0.15, 0.2) is 5.84 Å². The summed E-state index contributed by atoms with van der Waals surface area (Å²) >= 11 is 0. The molecule has 0 unspecified atom stereocenters. The van der Waals surface area contributed by atoms with Crippen LogP contribution in [0.25, 0.3) is 0 Å². The van der Waals surface area contributed by atoms with E-state index < -0.39 is 10.1 Å². The number of hydrogen-bond donors (Lipinski definition) is 0. The van der Waals surface area contributed by atoms with E-state index in [1.54, 1.807) is 18.3 Å². The lowest BCUT2D eigenvalue weighted by Gasteiger charge is -2.10. The van der Waals surface area contributed by atoms with Crippen LogP contribution >= 0.6 is 0 Å². The highest BCUT2D eigenvalue weighted by Gasteiger charge is 2.16. The number of methoxy groups -OCH3 is 1. The van der Waals surface area contributed by atoms with Gasteiger partial charge in [0, 0.05) is 12.3 Å². The molecule has 0 fully saturated rings. The Morgan fingerprint density at radius 2 is 2.14 bits per heavy atom. The van der Waals surface area contributed by atoms with Crippen molar-refractivity contribution in [2.24, 2.45) is 9.98 Å². The van der Waals surface area contributed by atoms with E-state index in [1.807, 2.05) is 6.92 Å². The maximum Gasteiger partial charge on any atom is 0.309 e. The third-order valence-electron chi connectivity index (χ3n) is 2.92. The molecule has 6 nitrogen and oxygen atoms in total. The number of rotatable bonds is 7. The Hall–Kier alpha value is -1.89. The molecule has 0 N–H and O–H groups in total. The van der Waals surface area contributed by atoms with Crippen molar-refractivity contribution in [1.29, 1.82) is 0 Å². The zero-order valence-electron chi connectivity index (χ0n) is 12.1. The first kappa shape index (κ1) is 15.5. The fourth-order valence-corrected chi connectivity index (χ4v) is 2.99. The number of ether oxygens (including phenoxy) is 1. The summed E-state index contributed by atoms with van der Waals surface area (Å²) in [5.41, 5.74) is 0.713. The molecule has 0 aliphatic carbocycles. The first-order valence-electron chi connectivity index (χ1n) is 6.73. The van der Waals surface area contributed by atoms with Crippen LogP contribution in [-0.4, -0.2) is 39.9 Å². The highest BCUT2D eigenvalue weighted by atomic mass is 32.2. The first-order valence-corrected chi connectivity index (χ1v) is 8.31. The predicted octanol–water partition coefficient (Wildman–Crippen LogP) is 2.03. The zero-order chi connectivity index (χ0) is 15.3. The van der Waals surface area contributed by atoms with E-state index in [-0.39, 0.29) is 11.5 Å². The molecule has 1 aromatic rings. The molecule has 0 spiro atoms. The number of nitrogens with zero attached hydrogens (tertiary/aromatic N) is 2. The third-order valence-corrected chi connectivity index (χ3v) is 4.16. The molecule has 1 aromatic carbocycles. The maximum absolute atomic E-state index is 11.8. The summed E-state index contributed by atoms with van der Waals surface area (Å²) in [7, 11) is -2.06. The molecule has 21 heavy (non-hydrogen) atoms. The largest absolute Gasteiger partial charge is 0.496 e. The van der Waals surface area contributed by atoms with Crippen LogP contribution in [0.1, 0.15) is 25.3 Å². The molecule has 7 heteroatoms. The molecule has 2 rings (SSSR count). The van der Waals surface area contributed by atoms with Crippen molar-refractivity contribution in [2.45, 2.75) is 19.8 Å². The lowest BCUT2D eigenvalue weighted by molar-refractivity contribution is 0.410. The summed E-state index contributed by atoms with van der Waals surface area (Å²) in [6, 6.07) is 4.82. The quantitative estimate of drug-likeness (QED) is 0.722. The molecule has 114 valence electrons. The first-order chi connectivity index (χ1) is 10.1. The Morgan fingerprint density at radius 1 is 1.33 bits per heavy atom. The summed E-state index contributed by atoms with van der Waals surface area (Å²) in [6.07, 6.45) is 3.07. The summed E-state index contributed by atoms with van der Waals surface area (Å²) in [5, 5.41) is 0. The van der Waals surface area contributed by atoms with Crippen LogP contribution < -0.4 is 8.92 Å². The molecule has 1 aliphatic heterocycles. The Balaban J connectivity index is 2.21. The van der Waals surface area contributed by atoms with Gasteiger partial charge in [-0.25, -0.2) is 4.99 Å². The highest BCUT2D eigenvalue weighted by molar-refractivity contribution is 7.87. The minimum absolute atomic E-state index is 0.00453. The van der Waals surface area contributed by atoms with Gasteiger partial charge in [0.25, 0.3) is 0 Å². The van der Waals surface area contributed by atoms with Crippen molar-refractivity contribution in [3.63, 3.8) is 0 Å². The van der Waals surface area contributed by atoms with Crippen molar-refractivity contribution >= 4 is 22.2 Å². The van der Waals surface area contributed by atoms with E-state index in [0.717, 1.165) is 6.42 Å². The van der Waals surface area contributed by atoms with Crippen LogP contribution in [0.4, 0.5) is 0 Å². The van der Waals surface area contributed by atoms with Crippen molar-refractivity contribution in [3.8, 4) is 11.5 Å². The second kappa shape index (κ2) is 6.71. The van der Waals surface area contributed by atoms with Crippen LogP contribution in [-0.2, 0) is 10.1 Å². The number of benzene rings is 1. The fraction of sp³-hybridized carbons (Fsp3) is 0.429. The monoisotopic (exact) mass is 310 g/mol. The van der Waals surface area contributed by atoms with E-state index in [0.29, 0.717) is 30.1 Å². The van der Waals surface area contributed by atoms with Crippen LogP contribution in [0.3, 0.4) is 0 Å². The number of amidine groups is 1. The highest BCUT2D eigenvalue weighted by Crippen LogP contribution is 2.27. The van der Waals surface area contributed by atoms with Gasteiger partial charge in [0.05, 0.1) is 25.0 Å². The number of unbranched alkanes of at least 4 members (excludes halogenated alkanes) is 1. The second-order valence-electron chi connectivity index (χ2n) is 4.54. The van der Waals surface area contributed by atoms with Crippen LogP contribution in [0, 0.1) is 0 Å². The van der Waals surface area contributed by atoms with Gasteiger partial charge in [0.1, 0.15) is 11.5 Å². The predicted molar refractivity (Wildman–Crippen MR) is 82.2 cm³/mol. The lowest BCUT2D eigenvalue weighted by atomic mass is 10.2. The van der Waals surface area contributed by atoms with Gasteiger partial charge in [-0.3, -0.25) is 4.99 Å². The molecule has 0 atom stereocenters. The minimum Gasteiger partial charge on any atom is -0.496 e. The van der Waals surface area contributed by atoms with E-state index >= 15 is 0 Å². The van der Waals surface area contributed by atoms with Gasteiger partial charge in [-0.15, -0.1) is 0 Å².